The summed E-state index contributed by atoms with van der Waals surface area (Å²) < 4.78 is 9.84. The maximum atomic E-state index is 13.4. The highest BCUT2D eigenvalue weighted by atomic mass is 16.5. The number of carboxylic acid groups (broad SMARTS) is 1. The Morgan fingerprint density at radius 1 is 1.26 bits per heavy atom. The van der Waals surface area contributed by atoms with Gasteiger partial charge in [0.05, 0.1) is 29.4 Å². The smallest absolute Gasteiger partial charge is 0.404 e. The second kappa shape index (κ2) is 8.94. The molecule has 1 atom stereocenters. The number of hydrogen-bond acceptors (Lipinski definition) is 5. The van der Waals surface area contributed by atoms with E-state index in [9.17, 15) is 9.59 Å². The summed E-state index contributed by atoms with van der Waals surface area (Å²) in [5.41, 5.74) is 4.79. The zero-order chi connectivity index (χ0) is 24.7. The highest BCUT2D eigenvalue weighted by Crippen LogP contribution is 2.34. The molecule has 0 saturated carbocycles. The SMILES string of the molecule is CCn1c(-c2nc3cc(C(=O)N4CCC[C@@H](NC(=O)O)C4)cc(OC)c3n2C)cc2ncccc21. The third-order valence-electron chi connectivity index (χ3n) is 6.65. The lowest BCUT2D eigenvalue weighted by atomic mass is 10.0. The number of rotatable bonds is 5. The summed E-state index contributed by atoms with van der Waals surface area (Å²) in [7, 11) is 3.52. The predicted molar refractivity (Wildman–Crippen MR) is 132 cm³/mol. The number of methoxy groups -OCH3 is 1. The summed E-state index contributed by atoms with van der Waals surface area (Å²) in [5.74, 6) is 1.15. The second-order valence-corrected chi connectivity index (χ2v) is 8.76. The maximum Gasteiger partial charge on any atom is 0.404 e. The number of piperidine rings is 1. The Bertz CT molecular complexity index is 1440. The Morgan fingerprint density at radius 3 is 2.83 bits per heavy atom. The summed E-state index contributed by atoms with van der Waals surface area (Å²) in [5, 5.41) is 11.5. The monoisotopic (exact) mass is 476 g/mol. The number of carbonyl (C=O) groups excluding carboxylic acids is 1. The van der Waals surface area contributed by atoms with E-state index in [-0.39, 0.29) is 11.9 Å². The van der Waals surface area contributed by atoms with Crippen LogP contribution >= 0.6 is 0 Å². The number of nitrogens with zero attached hydrogens (tertiary/aromatic N) is 5. The molecular weight excluding hydrogens is 448 g/mol. The molecule has 0 unspecified atom stereocenters. The summed E-state index contributed by atoms with van der Waals surface area (Å²) in [6.45, 7) is 3.76. The van der Waals surface area contributed by atoms with E-state index in [2.05, 4.69) is 21.8 Å². The minimum absolute atomic E-state index is 0.166. The van der Waals surface area contributed by atoms with Gasteiger partial charge in [0, 0.05) is 44.5 Å². The van der Waals surface area contributed by atoms with Crippen molar-refractivity contribution < 1.29 is 19.4 Å². The van der Waals surface area contributed by atoms with Crippen molar-refractivity contribution in [1.82, 2.24) is 29.3 Å². The van der Waals surface area contributed by atoms with Crippen molar-refractivity contribution in [1.29, 1.82) is 0 Å². The first kappa shape index (κ1) is 22.7. The van der Waals surface area contributed by atoms with Gasteiger partial charge in [0.2, 0.25) is 0 Å². The Balaban J connectivity index is 1.56. The first-order valence-electron chi connectivity index (χ1n) is 11.7. The number of aromatic nitrogens is 4. The molecule has 2 amide bonds. The van der Waals surface area contributed by atoms with Crippen LogP contribution in [0.15, 0.2) is 36.5 Å². The van der Waals surface area contributed by atoms with Crippen molar-refractivity contribution in [2.24, 2.45) is 7.05 Å². The number of fused-ring (bicyclic) bond motifs is 2. The molecule has 1 aliphatic rings. The summed E-state index contributed by atoms with van der Waals surface area (Å²) in [6, 6.07) is 9.24. The minimum Gasteiger partial charge on any atom is -0.494 e. The molecular formula is C25H28N6O4. The third-order valence-corrected chi connectivity index (χ3v) is 6.65. The summed E-state index contributed by atoms with van der Waals surface area (Å²) >= 11 is 0. The van der Waals surface area contributed by atoms with Gasteiger partial charge in [0.1, 0.15) is 11.3 Å². The number of hydrogen-bond donors (Lipinski definition) is 2. The lowest BCUT2D eigenvalue weighted by molar-refractivity contribution is 0.0692. The molecule has 10 heteroatoms. The Morgan fingerprint density at radius 2 is 2.09 bits per heavy atom. The minimum atomic E-state index is -1.08. The van der Waals surface area contributed by atoms with Crippen LogP contribution in [0.2, 0.25) is 0 Å². The third kappa shape index (κ3) is 3.94. The second-order valence-electron chi connectivity index (χ2n) is 8.76. The van der Waals surface area contributed by atoms with E-state index >= 15 is 0 Å². The Kier molecular flexibility index (Phi) is 5.80. The largest absolute Gasteiger partial charge is 0.494 e. The number of ether oxygens (including phenoxy) is 1. The number of pyridine rings is 1. The van der Waals surface area contributed by atoms with Crippen molar-refractivity contribution in [3.63, 3.8) is 0 Å². The van der Waals surface area contributed by atoms with E-state index in [1.165, 1.54) is 0 Å². The molecule has 35 heavy (non-hydrogen) atoms. The van der Waals surface area contributed by atoms with Gasteiger partial charge in [-0.25, -0.2) is 9.78 Å². The van der Waals surface area contributed by atoms with E-state index in [0.717, 1.165) is 41.0 Å². The summed E-state index contributed by atoms with van der Waals surface area (Å²) in [6.07, 6.45) is 2.15. The van der Waals surface area contributed by atoms with E-state index in [1.54, 1.807) is 30.3 Å². The van der Waals surface area contributed by atoms with Gasteiger partial charge < -0.3 is 29.2 Å². The van der Waals surface area contributed by atoms with Crippen LogP contribution in [0.4, 0.5) is 4.79 Å². The summed E-state index contributed by atoms with van der Waals surface area (Å²) in [4.78, 5) is 35.5. The molecule has 0 radical (unpaired) electrons. The molecule has 1 aromatic carbocycles. The molecule has 5 rings (SSSR count). The van der Waals surface area contributed by atoms with Crippen LogP contribution in [0.1, 0.15) is 30.1 Å². The highest BCUT2D eigenvalue weighted by Gasteiger charge is 2.27. The van der Waals surface area contributed by atoms with Crippen LogP contribution in [0.5, 0.6) is 5.75 Å². The van der Waals surface area contributed by atoms with Gasteiger partial charge in [0.15, 0.2) is 5.82 Å². The van der Waals surface area contributed by atoms with Crippen molar-refractivity contribution >= 4 is 34.1 Å². The fourth-order valence-corrected chi connectivity index (χ4v) is 5.07. The highest BCUT2D eigenvalue weighted by molar-refractivity contribution is 6.00. The van der Waals surface area contributed by atoms with Crippen LogP contribution in [-0.4, -0.2) is 67.4 Å². The molecule has 1 aliphatic heterocycles. The van der Waals surface area contributed by atoms with Crippen LogP contribution in [0, 0.1) is 0 Å². The Hall–Kier alpha value is -4.08. The zero-order valence-corrected chi connectivity index (χ0v) is 20.0. The van der Waals surface area contributed by atoms with Crippen molar-refractivity contribution in [3.05, 3.63) is 42.1 Å². The molecule has 182 valence electrons. The van der Waals surface area contributed by atoms with Gasteiger partial charge in [-0.1, -0.05) is 0 Å². The molecule has 0 bridgehead atoms. The average Bonchev–Trinajstić information content (AvgIpc) is 3.39. The van der Waals surface area contributed by atoms with E-state index < -0.39 is 6.09 Å². The van der Waals surface area contributed by atoms with Gasteiger partial charge in [-0.2, -0.15) is 0 Å². The molecule has 4 heterocycles. The van der Waals surface area contributed by atoms with Gasteiger partial charge in [-0.05, 0) is 50.1 Å². The van der Waals surface area contributed by atoms with Crippen LogP contribution in [0.3, 0.4) is 0 Å². The maximum absolute atomic E-state index is 13.4. The first-order chi connectivity index (χ1) is 16.9. The van der Waals surface area contributed by atoms with Crippen LogP contribution in [0.25, 0.3) is 33.6 Å². The lowest BCUT2D eigenvalue weighted by Gasteiger charge is -2.32. The van der Waals surface area contributed by atoms with E-state index in [4.69, 9.17) is 14.8 Å². The van der Waals surface area contributed by atoms with Crippen molar-refractivity contribution in [3.8, 4) is 17.3 Å². The Labute approximate surface area is 202 Å². The first-order valence-corrected chi connectivity index (χ1v) is 11.7. The predicted octanol–water partition coefficient (Wildman–Crippen LogP) is 3.49. The number of benzene rings is 1. The molecule has 0 aliphatic carbocycles. The number of likely N-dealkylation sites (tertiary alicyclic amines) is 1. The molecule has 10 nitrogen and oxygen atoms in total. The number of amides is 2. The lowest BCUT2D eigenvalue weighted by Crippen LogP contribution is -2.49. The molecule has 2 N–H and O–H groups in total. The molecule has 1 saturated heterocycles. The number of carbonyl (C=O) groups is 2. The van der Waals surface area contributed by atoms with Crippen LogP contribution < -0.4 is 10.1 Å². The van der Waals surface area contributed by atoms with E-state index in [1.807, 2.05) is 29.8 Å². The fraction of sp³-hybridized carbons (Fsp3) is 0.360. The van der Waals surface area contributed by atoms with Gasteiger partial charge >= 0.3 is 6.09 Å². The number of nitrogens with one attached hydrogen (secondary N) is 1. The topological polar surface area (TPSA) is 115 Å². The molecule has 1 fully saturated rings. The zero-order valence-electron chi connectivity index (χ0n) is 20.0. The van der Waals surface area contributed by atoms with Gasteiger partial charge in [-0.3, -0.25) is 9.78 Å². The number of imidazole rings is 1. The quantitative estimate of drug-likeness (QED) is 0.456. The van der Waals surface area contributed by atoms with Gasteiger partial charge in [0.25, 0.3) is 5.91 Å². The molecule has 3 aromatic heterocycles. The molecule has 0 spiro atoms. The van der Waals surface area contributed by atoms with Crippen molar-refractivity contribution in [2.45, 2.75) is 32.4 Å². The van der Waals surface area contributed by atoms with E-state index in [0.29, 0.717) is 36.3 Å². The normalized spacial score (nSPS) is 16.1. The fourth-order valence-electron chi connectivity index (χ4n) is 5.07. The standard InChI is InChI=1S/C25H28N6O4/c1-4-31-19-8-5-9-26-17(19)13-20(31)23-28-18-11-15(12-21(35-3)22(18)29(23)2)24(32)30-10-6-7-16(14-30)27-25(33)34/h5,8-9,11-13,16,27H,4,6-7,10,14H2,1-3H3,(H,33,34)/t16-/m1/s1. The van der Waals surface area contributed by atoms with Crippen LogP contribution in [-0.2, 0) is 13.6 Å². The van der Waals surface area contributed by atoms with Gasteiger partial charge in [-0.15, -0.1) is 0 Å². The molecule has 4 aromatic rings. The average molecular weight is 477 g/mol. The van der Waals surface area contributed by atoms with Crippen molar-refractivity contribution in [2.75, 3.05) is 20.2 Å². The number of aryl methyl sites for hydroxylation is 2.